The number of rotatable bonds is 0. The number of hydrogen-bond acceptors (Lipinski definition) is 0. The van der Waals surface area contributed by atoms with E-state index in [9.17, 15) is 0 Å². The molecule has 1 aromatic carbocycles. The number of benzene rings is 1. The van der Waals surface area contributed by atoms with Gasteiger partial charge in [0.25, 0.3) is 0 Å². The first kappa shape index (κ1) is 8.30. The van der Waals surface area contributed by atoms with Crippen molar-refractivity contribution in [2.75, 3.05) is 0 Å². The summed E-state index contributed by atoms with van der Waals surface area (Å²) in [7, 11) is 0. The molecule has 3 rings (SSSR count). The normalized spacial score (nSPS) is 16.8. The molecule has 0 aromatic heterocycles. The molecule has 0 radical (unpaired) electrons. The standard InChI is InChI=1S/C14H10N/c1-2-7-12(6-1)14-13-8-4-3-5-11(13)9-10-15-14/h1-10H/q-1. The highest BCUT2D eigenvalue weighted by atomic mass is 14.9. The van der Waals surface area contributed by atoms with Crippen molar-refractivity contribution in [3.05, 3.63) is 76.8 Å². The van der Waals surface area contributed by atoms with Gasteiger partial charge in [0.2, 0.25) is 0 Å². The average Bonchev–Trinajstić information content (AvgIpc) is 2.82. The van der Waals surface area contributed by atoms with Gasteiger partial charge in [-0.3, -0.25) is 0 Å². The molecular formula is C14H10N-. The predicted octanol–water partition coefficient (Wildman–Crippen LogP) is 3.88. The molecule has 1 heteroatoms. The lowest BCUT2D eigenvalue weighted by Crippen LogP contribution is -1.93. The topological polar surface area (TPSA) is 14.1 Å². The molecular weight excluding hydrogens is 182 g/mol. The second-order valence-electron chi connectivity index (χ2n) is 3.55. The van der Waals surface area contributed by atoms with E-state index in [1.165, 1.54) is 16.7 Å². The summed E-state index contributed by atoms with van der Waals surface area (Å²) in [4.78, 5) is 0. The third-order valence-electron chi connectivity index (χ3n) is 2.61. The molecule has 1 aliphatic heterocycles. The molecule has 2 aliphatic rings. The van der Waals surface area contributed by atoms with Crippen molar-refractivity contribution >= 4 is 11.8 Å². The minimum atomic E-state index is 1.07. The molecule has 1 aliphatic carbocycles. The van der Waals surface area contributed by atoms with Crippen LogP contribution in [0.2, 0.25) is 0 Å². The van der Waals surface area contributed by atoms with Gasteiger partial charge < -0.3 is 5.32 Å². The zero-order valence-electron chi connectivity index (χ0n) is 8.22. The molecule has 0 fully saturated rings. The minimum absolute atomic E-state index is 1.07. The molecule has 0 amide bonds. The van der Waals surface area contributed by atoms with Gasteiger partial charge in [-0.15, -0.1) is 5.70 Å². The van der Waals surface area contributed by atoms with E-state index in [1.807, 2.05) is 24.4 Å². The summed E-state index contributed by atoms with van der Waals surface area (Å²) in [5.41, 5.74) is 4.71. The third kappa shape index (κ3) is 1.33. The van der Waals surface area contributed by atoms with Crippen molar-refractivity contribution in [3.8, 4) is 0 Å². The van der Waals surface area contributed by atoms with E-state index in [1.54, 1.807) is 0 Å². The number of hydrogen-bond donors (Lipinski definition) is 0. The van der Waals surface area contributed by atoms with Crippen molar-refractivity contribution < 1.29 is 0 Å². The summed E-state index contributed by atoms with van der Waals surface area (Å²) in [5, 5.41) is 4.45. The zero-order valence-corrected chi connectivity index (χ0v) is 8.22. The van der Waals surface area contributed by atoms with Crippen molar-refractivity contribution in [3.63, 3.8) is 0 Å². The van der Waals surface area contributed by atoms with E-state index in [4.69, 9.17) is 0 Å². The molecule has 15 heavy (non-hydrogen) atoms. The summed E-state index contributed by atoms with van der Waals surface area (Å²) in [6, 6.07) is 8.33. The van der Waals surface area contributed by atoms with Crippen molar-refractivity contribution in [1.29, 1.82) is 0 Å². The summed E-state index contributed by atoms with van der Waals surface area (Å²) in [5.74, 6) is 0. The van der Waals surface area contributed by atoms with Gasteiger partial charge in [-0.25, -0.2) is 0 Å². The van der Waals surface area contributed by atoms with Crippen molar-refractivity contribution in [2.45, 2.75) is 0 Å². The predicted molar refractivity (Wildman–Crippen MR) is 64.0 cm³/mol. The highest BCUT2D eigenvalue weighted by molar-refractivity contribution is 5.90. The molecule has 1 aromatic rings. The Balaban J connectivity index is 2.22. The molecule has 0 saturated carbocycles. The highest BCUT2D eigenvalue weighted by Crippen LogP contribution is 2.34. The van der Waals surface area contributed by atoms with Crippen LogP contribution in [0.15, 0.2) is 60.3 Å². The summed E-state index contributed by atoms with van der Waals surface area (Å²) >= 11 is 0. The van der Waals surface area contributed by atoms with Crippen LogP contribution >= 0.6 is 0 Å². The Labute approximate surface area is 89.1 Å². The maximum absolute atomic E-state index is 4.45. The zero-order chi connectivity index (χ0) is 10.1. The van der Waals surface area contributed by atoms with Crippen LogP contribution < -0.4 is 0 Å². The van der Waals surface area contributed by atoms with Crippen LogP contribution in [0.4, 0.5) is 0 Å². The van der Waals surface area contributed by atoms with E-state index in [-0.39, 0.29) is 0 Å². The Morgan fingerprint density at radius 1 is 0.867 bits per heavy atom. The minimum Gasteiger partial charge on any atom is -0.663 e. The number of fused-ring (bicyclic) bond motifs is 1. The van der Waals surface area contributed by atoms with E-state index < -0.39 is 0 Å². The summed E-state index contributed by atoms with van der Waals surface area (Å²) < 4.78 is 0. The van der Waals surface area contributed by atoms with E-state index >= 15 is 0 Å². The Hall–Kier alpha value is -2.02. The van der Waals surface area contributed by atoms with Crippen LogP contribution in [-0.2, 0) is 0 Å². The van der Waals surface area contributed by atoms with Gasteiger partial charge in [0.15, 0.2) is 0 Å². The van der Waals surface area contributed by atoms with Gasteiger partial charge in [-0.2, -0.15) is 6.20 Å². The van der Waals surface area contributed by atoms with Gasteiger partial charge in [0.05, 0.1) is 0 Å². The van der Waals surface area contributed by atoms with Crippen molar-refractivity contribution in [1.82, 2.24) is 0 Å². The average molecular weight is 192 g/mol. The fraction of sp³-hybridized carbons (Fsp3) is 0. The quantitative estimate of drug-likeness (QED) is 0.592. The molecule has 0 unspecified atom stereocenters. The smallest absolute Gasteiger partial charge is 0.0214 e. The molecule has 0 atom stereocenters. The largest absolute Gasteiger partial charge is 0.663 e. The van der Waals surface area contributed by atoms with Gasteiger partial charge in [0, 0.05) is 0 Å². The van der Waals surface area contributed by atoms with Gasteiger partial charge in [-0.1, -0.05) is 54.6 Å². The first-order valence-electron chi connectivity index (χ1n) is 5.01. The molecule has 72 valence electrons. The van der Waals surface area contributed by atoms with E-state index in [2.05, 4.69) is 41.7 Å². The van der Waals surface area contributed by atoms with Crippen LogP contribution in [0, 0.1) is 0 Å². The lowest BCUT2D eigenvalue weighted by atomic mass is 9.99. The fourth-order valence-corrected chi connectivity index (χ4v) is 1.88. The number of nitrogens with zero attached hydrogens (tertiary/aromatic N) is 1. The maximum atomic E-state index is 4.45. The monoisotopic (exact) mass is 192 g/mol. The van der Waals surface area contributed by atoms with Crippen LogP contribution in [0.5, 0.6) is 0 Å². The van der Waals surface area contributed by atoms with Crippen LogP contribution in [0.25, 0.3) is 17.1 Å². The van der Waals surface area contributed by atoms with Gasteiger partial charge >= 0.3 is 0 Å². The third-order valence-corrected chi connectivity index (χ3v) is 2.61. The van der Waals surface area contributed by atoms with E-state index in [0.29, 0.717) is 0 Å². The summed E-state index contributed by atoms with van der Waals surface area (Å²) in [6.07, 6.45) is 12.2. The molecule has 0 spiro atoms. The lowest BCUT2D eigenvalue weighted by molar-refractivity contribution is 1.51. The SMILES string of the molecule is C1=CC(=C2[N-]C=Cc3ccccc32)C=C1. The Bertz CT molecular complexity index is 502. The first-order valence-corrected chi connectivity index (χ1v) is 5.01. The molecule has 0 bridgehead atoms. The number of allylic oxidation sites excluding steroid dienone is 5. The Kier molecular flexibility index (Phi) is 1.82. The highest BCUT2D eigenvalue weighted by Gasteiger charge is 2.04. The Morgan fingerprint density at radius 2 is 1.67 bits per heavy atom. The second kappa shape index (κ2) is 3.28. The van der Waals surface area contributed by atoms with Gasteiger partial charge in [0.1, 0.15) is 0 Å². The molecule has 0 N–H and O–H groups in total. The first-order chi connectivity index (χ1) is 7.45. The second-order valence-corrected chi connectivity index (χ2v) is 3.55. The molecule has 1 nitrogen and oxygen atoms in total. The van der Waals surface area contributed by atoms with Crippen LogP contribution in [0.3, 0.4) is 0 Å². The van der Waals surface area contributed by atoms with Crippen molar-refractivity contribution in [2.24, 2.45) is 0 Å². The molecule has 0 saturated heterocycles. The summed E-state index contributed by atoms with van der Waals surface area (Å²) in [6.45, 7) is 0. The maximum Gasteiger partial charge on any atom is -0.0214 e. The fourth-order valence-electron chi connectivity index (χ4n) is 1.88. The molecule has 1 heterocycles. The van der Waals surface area contributed by atoms with Gasteiger partial charge in [-0.05, 0) is 16.7 Å². The van der Waals surface area contributed by atoms with E-state index in [0.717, 1.165) is 5.70 Å². The van der Waals surface area contributed by atoms with Crippen LogP contribution in [0.1, 0.15) is 11.1 Å². The lowest BCUT2D eigenvalue weighted by Gasteiger charge is -2.29. The van der Waals surface area contributed by atoms with Crippen LogP contribution in [-0.4, -0.2) is 0 Å². The Morgan fingerprint density at radius 3 is 2.53 bits per heavy atom.